The molecule has 2 aromatic rings. The largest absolute Gasteiger partial charge is 0.494 e. The standard InChI is InChI=1S/C15H12F3NO2/c1-2-21-10-5-3-9(4-6-10)15(20)19-12-8-7-11(16)13(17)14(12)18/h3-8H,2H2,1H3,(H,19,20). The fraction of sp³-hybridized carbons (Fsp3) is 0.133. The van der Waals surface area contributed by atoms with Gasteiger partial charge in [0.2, 0.25) is 0 Å². The molecule has 3 nitrogen and oxygen atoms in total. The molecule has 110 valence electrons. The van der Waals surface area contributed by atoms with Gasteiger partial charge in [0.05, 0.1) is 12.3 Å². The van der Waals surface area contributed by atoms with Crippen molar-refractivity contribution in [1.29, 1.82) is 0 Å². The Hall–Kier alpha value is -2.50. The minimum absolute atomic E-state index is 0.239. The molecule has 0 aliphatic carbocycles. The molecule has 0 bridgehead atoms. The van der Waals surface area contributed by atoms with Gasteiger partial charge in [0.25, 0.3) is 5.91 Å². The monoisotopic (exact) mass is 295 g/mol. The average Bonchev–Trinajstić information content (AvgIpc) is 2.49. The third kappa shape index (κ3) is 3.34. The molecule has 21 heavy (non-hydrogen) atoms. The number of hydrogen-bond donors (Lipinski definition) is 1. The summed E-state index contributed by atoms with van der Waals surface area (Å²) in [7, 11) is 0. The first kappa shape index (κ1) is 14.9. The second-order valence-corrected chi connectivity index (χ2v) is 4.13. The van der Waals surface area contributed by atoms with E-state index in [4.69, 9.17) is 4.74 Å². The molecule has 2 rings (SSSR count). The second-order valence-electron chi connectivity index (χ2n) is 4.13. The summed E-state index contributed by atoms with van der Waals surface area (Å²) < 4.78 is 44.5. The van der Waals surface area contributed by atoms with Crippen molar-refractivity contribution >= 4 is 11.6 Å². The maximum atomic E-state index is 13.5. The lowest BCUT2D eigenvalue weighted by Gasteiger charge is -2.08. The van der Waals surface area contributed by atoms with Crippen molar-refractivity contribution in [2.45, 2.75) is 6.92 Å². The smallest absolute Gasteiger partial charge is 0.255 e. The van der Waals surface area contributed by atoms with E-state index in [1.54, 1.807) is 12.1 Å². The molecule has 0 aliphatic heterocycles. The van der Waals surface area contributed by atoms with Crippen molar-refractivity contribution in [2.24, 2.45) is 0 Å². The third-order valence-corrected chi connectivity index (χ3v) is 2.71. The normalized spacial score (nSPS) is 10.3. The number of halogens is 3. The van der Waals surface area contributed by atoms with Crippen molar-refractivity contribution in [3.63, 3.8) is 0 Å². The van der Waals surface area contributed by atoms with Gasteiger partial charge in [-0.3, -0.25) is 4.79 Å². The highest BCUT2D eigenvalue weighted by Gasteiger charge is 2.15. The van der Waals surface area contributed by atoms with Gasteiger partial charge in [-0.2, -0.15) is 0 Å². The number of hydrogen-bond acceptors (Lipinski definition) is 2. The van der Waals surface area contributed by atoms with Gasteiger partial charge in [-0.15, -0.1) is 0 Å². The summed E-state index contributed by atoms with van der Waals surface area (Å²) >= 11 is 0. The lowest BCUT2D eigenvalue weighted by Crippen LogP contribution is -2.13. The average molecular weight is 295 g/mol. The van der Waals surface area contributed by atoms with Gasteiger partial charge in [-0.1, -0.05) is 0 Å². The van der Waals surface area contributed by atoms with Crippen LogP contribution in [0.15, 0.2) is 36.4 Å². The molecule has 0 unspecified atom stereocenters. The minimum Gasteiger partial charge on any atom is -0.494 e. The number of anilines is 1. The van der Waals surface area contributed by atoms with Crippen LogP contribution in [0.4, 0.5) is 18.9 Å². The van der Waals surface area contributed by atoms with Crippen LogP contribution in [0.25, 0.3) is 0 Å². The number of amides is 1. The summed E-state index contributed by atoms with van der Waals surface area (Å²) in [4.78, 5) is 11.9. The molecule has 0 heterocycles. The molecule has 1 N–H and O–H groups in total. The molecule has 0 fully saturated rings. The summed E-state index contributed by atoms with van der Waals surface area (Å²) in [5, 5.41) is 2.18. The van der Waals surface area contributed by atoms with Crippen molar-refractivity contribution in [3.05, 3.63) is 59.4 Å². The highest BCUT2D eigenvalue weighted by atomic mass is 19.2. The molecule has 0 aromatic heterocycles. The fourth-order valence-electron chi connectivity index (χ4n) is 1.69. The first-order valence-corrected chi connectivity index (χ1v) is 6.20. The molecular formula is C15H12F3NO2. The van der Waals surface area contributed by atoms with Gasteiger partial charge in [0.15, 0.2) is 17.5 Å². The lowest BCUT2D eigenvalue weighted by atomic mass is 10.2. The van der Waals surface area contributed by atoms with Crippen LogP contribution in [0.1, 0.15) is 17.3 Å². The molecular weight excluding hydrogens is 283 g/mol. The van der Waals surface area contributed by atoms with E-state index >= 15 is 0 Å². The SMILES string of the molecule is CCOc1ccc(C(=O)Nc2ccc(F)c(F)c2F)cc1. The first-order valence-electron chi connectivity index (χ1n) is 6.20. The topological polar surface area (TPSA) is 38.3 Å². The van der Waals surface area contributed by atoms with Gasteiger partial charge in [-0.25, -0.2) is 13.2 Å². The molecule has 0 radical (unpaired) electrons. The van der Waals surface area contributed by atoms with Crippen LogP contribution in [0.5, 0.6) is 5.75 Å². The van der Waals surface area contributed by atoms with Gasteiger partial charge in [0.1, 0.15) is 5.75 Å². The highest BCUT2D eigenvalue weighted by Crippen LogP contribution is 2.20. The summed E-state index contributed by atoms with van der Waals surface area (Å²) in [6.45, 7) is 2.32. The Labute approximate surface area is 119 Å². The fourth-order valence-corrected chi connectivity index (χ4v) is 1.69. The van der Waals surface area contributed by atoms with E-state index in [2.05, 4.69) is 5.32 Å². The third-order valence-electron chi connectivity index (χ3n) is 2.71. The van der Waals surface area contributed by atoms with Crippen LogP contribution in [0, 0.1) is 17.5 Å². The van der Waals surface area contributed by atoms with Gasteiger partial charge in [0, 0.05) is 5.56 Å². The van der Waals surface area contributed by atoms with E-state index in [1.807, 2.05) is 6.92 Å². The molecule has 0 aliphatic rings. The maximum Gasteiger partial charge on any atom is 0.255 e. The Morgan fingerprint density at radius 2 is 1.71 bits per heavy atom. The van der Waals surface area contributed by atoms with E-state index < -0.39 is 29.0 Å². The molecule has 1 amide bonds. The number of carbonyl (C=O) groups excluding carboxylic acids is 1. The van der Waals surface area contributed by atoms with E-state index in [-0.39, 0.29) is 5.56 Å². The molecule has 6 heteroatoms. The predicted molar refractivity (Wildman–Crippen MR) is 71.9 cm³/mol. The highest BCUT2D eigenvalue weighted by molar-refractivity contribution is 6.04. The Morgan fingerprint density at radius 3 is 2.33 bits per heavy atom. The van der Waals surface area contributed by atoms with Crippen LogP contribution >= 0.6 is 0 Å². The van der Waals surface area contributed by atoms with E-state index in [9.17, 15) is 18.0 Å². The van der Waals surface area contributed by atoms with E-state index in [1.165, 1.54) is 12.1 Å². The van der Waals surface area contributed by atoms with Gasteiger partial charge >= 0.3 is 0 Å². The summed E-state index contributed by atoms with van der Waals surface area (Å²) in [6.07, 6.45) is 0. The Balaban J connectivity index is 2.16. The van der Waals surface area contributed by atoms with Crippen LogP contribution in [0.3, 0.4) is 0 Å². The van der Waals surface area contributed by atoms with Crippen LogP contribution in [-0.2, 0) is 0 Å². The zero-order valence-corrected chi connectivity index (χ0v) is 11.1. The minimum atomic E-state index is -1.63. The number of nitrogens with one attached hydrogen (secondary N) is 1. The Kier molecular flexibility index (Phi) is 4.47. The molecule has 0 atom stereocenters. The van der Waals surface area contributed by atoms with E-state index in [0.29, 0.717) is 12.4 Å². The number of ether oxygens (including phenoxy) is 1. The predicted octanol–water partition coefficient (Wildman–Crippen LogP) is 3.75. The molecule has 0 saturated heterocycles. The lowest BCUT2D eigenvalue weighted by molar-refractivity contribution is 0.102. The van der Waals surface area contributed by atoms with Crippen LogP contribution < -0.4 is 10.1 Å². The van der Waals surface area contributed by atoms with Crippen molar-refractivity contribution in [2.75, 3.05) is 11.9 Å². The zero-order chi connectivity index (χ0) is 15.4. The first-order chi connectivity index (χ1) is 10.0. The van der Waals surface area contributed by atoms with Gasteiger partial charge in [-0.05, 0) is 43.3 Å². The Morgan fingerprint density at radius 1 is 1.05 bits per heavy atom. The van der Waals surface area contributed by atoms with Gasteiger partial charge < -0.3 is 10.1 Å². The van der Waals surface area contributed by atoms with Crippen molar-refractivity contribution in [3.8, 4) is 5.75 Å². The number of benzene rings is 2. The van der Waals surface area contributed by atoms with Crippen molar-refractivity contribution in [1.82, 2.24) is 0 Å². The molecule has 0 saturated carbocycles. The van der Waals surface area contributed by atoms with Crippen LogP contribution in [-0.4, -0.2) is 12.5 Å². The van der Waals surface area contributed by atoms with Crippen molar-refractivity contribution < 1.29 is 22.7 Å². The van der Waals surface area contributed by atoms with Crippen LogP contribution in [0.2, 0.25) is 0 Å². The summed E-state index contributed by atoms with van der Waals surface area (Å²) in [5.41, 5.74) is -0.185. The summed E-state index contributed by atoms with van der Waals surface area (Å²) in [5.74, 6) is -4.42. The van der Waals surface area contributed by atoms with E-state index in [0.717, 1.165) is 12.1 Å². The summed E-state index contributed by atoms with van der Waals surface area (Å²) in [6, 6.07) is 7.84. The zero-order valence-electron chi connectivity index (χ0n) is 11.1. The molecule has 0 spiro atoms. The number of carbonyl (C=O) groups is 1. The quantitative estimate of drug-likeness (QED) is 0.872. The maximum absolute atomic E-state index is 13.5. The second kappa shape index (κ2) is 6.30. The molecule has 2 aromatic carbocycles. The number of rotatable bonds is 4. The Bertz CT molecular complexity index is 657.